The normalized spacial score (nSPS) is 13.4. The van der Waals surface area contributed by atoms with Crippen molar-refractivity contribution in [1.82, 2.24) is 10.6 Å². The van der Waals surface area contributed by atoms with Crippen LogP contribution in [0.4, 0.5) is 0 Å². The Morgan fingerprint density at radius 3 is 2.12 bits per heavy atom. The van der Waals surface area contributed by atoms with Gasteiger partial charge in [0.2, 0.25) is 0 Å². The van der Waals surface area contributed by atoms with E-state index in [1.54, 1.807) is 0 Å². The molecule has 0 aliphatic heterocycles. The number of hydrogen-bond donors (Lipinski definition) is 3. The molecule has 3 nitrogen and oxygen atoms in total. The average Bonchev–Trinajstić information content (AvgIpc) is 2.66. The van der Waals surface area contributed by atoms with Gasteiger partial charge in [0.1, 0.15) is 0 Å². The maximum Gasteiger partial charge on any atom is 0.0852 e. The van der Waals surface area contributed by atoms with Crippen molar-refractivity contribution in [2.45, 2.75) is 18.9 Å². The summed E-state index contributed by atoms with van der Waals surface area (Å²) in [5.41, 5.74) is 9.83. The minimum atomic E-state index is -0.272. The Morgan fingerprint density at radius 1 is 0.800 bits per heavy atom. The first-order chi connectivity index (χ1) is 12.2. The van der Waals surface area contributed by atoms with Crippen molar-refractivity contribution in [2.24, 2.45) is 5.73 Å². The Balaban J connectivity index is 1.74. The minimum Gasteiger partial charge on any atom is -0.312 e. The van der Waals surface area contributed by atoms with Crippen molar-refractivity contribution in [3.63, 3.8) is 0 Å². The second-order valence-corrected chi connectivity index (χ2v) is 6.83. The van der Waals surface area contributed by atoms with E-state index in [1.807, 2.05) is 48.5 Å². The number of rotatable bonds is 7. The molecular weight excluding hydrogens is 374 g/mol. The van der Waals surface area contributed by atoms with Gasteiger partial charge in [-0.3, -0.25) is 10.6 Å². The Kier molecular flexibility index (Phi) is 6.36. The highest BCUT2D eigenvalue weighted by molar-refractivity contribution is 9.10. The van der Waals surface area contributed by atoms with E-state index < -0.39 is 0 Å². The van der Waals surface area contributed by atoms with Gasteiger partial charge < -0.3 is 5.73 Å². The van der Waals surface area contributed by atoms with Crippen LogP contribution in [0.3, 0.4) is 0 Å². The fourth-order valence-electron chi connectivity index (χ4n) is 2.71. The van der Waals surface area contributed by atoms with Crippen molar-refractivity contribution in [2.75, 3.05) is 0 Å². The molecule has 0 heterocycles. The van der Waals surface area contributed by atoms with Crippen molar-refractivity contribution in [3.05, 3.63) is 106 Å². The van der Waals surface area contributed by atoms with Crippen LogP contribution >= 0.6 is 15.9 Å². The molecule has 4 heteroatoms. The van der Waals surface area contributed by atoms with Crippen LogP contribution in [0.2, 0.25) is 0 Å². The number of hydrogen-bond acceptors (Lipinski definition) is 3. The molecule has 0 aromatic heterocycles. The molecule has 2 atom stereocenters. The van der Waals surface area contributed by atoms with Gasteiger partial charge in [-0.25, -0.2) is 0 Å². The van der Waals surface area contributed by atoms with E-state index in [1.165, 1.54) is 5.56 Å². The average molecular weight is 396 g/mol. The summed E-state index contributed by atoms with van der Waals surface area (Å²) < 4.78 is 1.02. The van der Waals surface area contributed by atoms with E-state index >= 15 is 0 Å². The number of halogens is 1. The van der Waals surface area contributed by atoms with Crippen LogP contribution in [0.1, 0.15) is 29.0 Å². The lowest BCUT2D eigenvalue weighted by atomic mass is 10.1. The lowest BCUT2D eigenvalue weighted by Crippen LogP contribution is -2.39. The monoisotopic (exact) mass is 395 g/mol. The zero-order valence-electron chi connectivity index (χ0n) is 13.9. The van der Waals surface area contributed by atoms with E-state index in [9.17, 15) is 0 Å². The van der Waals surface area contributed by atoms with Gasteiger partial charge >= 0.3 is 0 Å². The van der Waals surface area contributed by atoms with E-state index in [-0.39, 0.29) is 12.3 Å². The van der Waals surface area contributed by atoms with Gasteiger partial charge in [-0.15, -0.1) is 0 Å². The number of nitrogens with one attached hydrogen (secondary N) is 2. The van der Waals surface area contributed by atoms with Crippen LogP contribution in [0, 0.1) is 0 Å². The highest BCUT2D eigenvalue weighted by atomic mass is 79.9. The summed E-state index contributed by atoms with van der Waals surface area (Å²) >= 11 is 3.50. The largest absolute Gasteiger partial charge is 0.312 e. The van der Waals surface area contributed by atoms with E-state index in [4.69, 9.17) is 5.73 Å². The SMILES string of the molecule is NC(NC(NCc1ccccc1)c1ccccc1)c1cccc(Br)c1. The zero-order chi connectivity index (χ0) is 17.5. The van der Waals surface area contributed by atoms with Crippen LogP contribution in [-0.2, 0) is 6.54 Å². The third-order valence-electron chi connectivity index (χ3n) is 4.04. The van der Waals surface area contributed by atoms with Crippen molar-refractivity contribution >= 4 is 15.9 Å². The number of benzene rings is 3. The quantitative estimate of drug-likeness (QED) is 0.516. The van der Waals surface area contributed by atoms with Gasteiger partial charge in [-0.1, -0.05) is 88.7 Å². The minimum absolute atomic E-state index is 0.0459. The molecule has 0 amide bonds. The van der Waals surface area contributed by atoms with E-state index in [0.29, 0.717) is 0 Å². The summed E-state index contributed by atoms with van der Waals surface area (Å²) in [7, 11) is 0. The van der Waals surface area contributed by atoms with Crippen LogP contribution in [0.25, 0.3) is 0 Å². The topological polar surface area (TPSA) is 50.1 Å². The molecule has 0 fully saturated rings. The van der Waals surface area contributed by atoms with Crippen LogP contribution < -0.4 is 16.4 Å². The molecule has 2 unspecified atom stereocenters. The first kappa shape index (κ1) is 17.8. The standard InChI is InChI=1S/C21H22BrN3/c22-19-13-7-12-18(14-19)20(23)25-21(17-10-5-2-6-11-17)24-15-16-8-3-1-4-9-16/h1-14,20-21,24-25H,15,23H2. The second-order valence-electron chi connectivity index (χ2n) is 5.91. The van der Waals surface area contributed by atoms with E-state index in [2.05, 4.69) is 63.0 Å². The Hall–Kier alpha value is -1.98. The van der Waals surface area contributed by atoms with Gasteiger partial charge in [0.25, 0.3) is 0 Å². The highest BCUT2D eigenvalue weighted by Crippen LogP contribution is 2.19. The molecule has 128 valence electrons. The fourth-order valence-corrected chi connectivity index (χ4v) is 3.13. The Morgan fingerprint density at radius 2 is 1.44 bits per heavy atom. The molecule has 3 aromatic carbocycles. The van der Waals surface area contributed by atoms with Crippen LogP contribution in [-0.4, -0.2) is 0 Å². The third-order valence-corrected chi connectivity index (χ3v) is 4.53. The lowest BCUT2D eigenvalue weighted by molar-refractivity contribution is 0.386. The molecule has 0 saturated carbocycles. The Labute approximate surface area is 157 Å². The van der Waals surface area contributed by atoms with Crippen molar-refractivity contribution in [1.29, 1.82) is 0 Å². The maximum absolute atomic E-state index is 6.40. The first-order valence-corrected chi connectivity index (χ1v) is 9.11. The molecule has 0 spiro atoms. The third kappa shape index (κ3) is 5.25. The summed E-state index contributed by atoms with van der Waals surface area (Å²) in [6, 6.07) is 28.7. The zero-order valence-corrected chi connectivity index (χ0v) is 15.5. The fraction of sp³-hybridized carbons (Fsp3) is 0.143. The van der Waals surface area contributed by atoms with Crippen LogP contribution in [0.5, 0.6) is 0 Å². The molecule has 0 radical (unpaired) electrons. The summed E-state index contributed by atoms with van der Waals surface area (Å²) in [5.74, 6) is 0. The van der Waals surface area contributed by atoms with Crippen LogP contribution in [0.15, 0.2) is 89.4 Å². The first-order valence-electron chi connectivity index (χ1n) is 8.32. The highest BCUT2D eigenvalue weighted by Gasteiger charge is 2.15. The van der Waals surface area contributed by atoms with Gasteiger partial charge in [0, 0.05) is 11.0 Å². The molecule has 0 aliphatic carbocycles. The molecular formula is C21H22BrN3. The smallest absolute Gasteiger partial charge is 0.0852 e. The van der Waals surface area contributed by atoms with E-state index in [0.717, 1.165) is 22.1 Å². The number of nitrogens with two attached hydrogens (primary N) is 1. The molecule has 0 saturated heterocycles. The van der Waals surface area contributed by atoms with Crippen molar-refractivity contribution < 1.29 is 0 Å². The molecule has 4 N–H and O–H groups in total. The summed E-state index contributed by atoms with van der Waals surface area (Å²) in [6.07, 6.45) is -0.318. The van der Waals surface area contributed by atoms with Gasteiger partial charge in [0.05, 0.1) is 12.3 Å². The summed E-state index contributed by atoms with van der Waals surface area (Å²) in [6.45, 7) is 0.763. The lowest BCUT2D eigenvalue weighted by Gasteiger charge is -2.25. The van der Waals surface area contributed by atoms with Gasteiger partial charge in [-0.05, 0) is 28.8 Å². The molecule has 3 rings (SSSR count). The molecule has 25 heavy (non-hydrogen) atoms. The molecule has 0 aliphatic rings. The van der Waals surface area contributed by atoms with Gasteiger partial charge in [-0.2, -0.15) is 0 Å². The van der Waals surface area contributed by atoms with Crippen molar-refractivity contribution in [3.8, 4) is 0 Å². The summed E-state index contributed by atoms with van der Waals surface area (Å²) in [5, 5.41) is 7.06. The second kappa shape index (κ2) is 8.92. The molecule has 3 aromatic rings. The predicted octanol–water partition coefficient (Wildman–Crippen LogP) is 4.48. The van der Waals surface area contributed by atoms with Gasteiger partial charge in [0.15, 0.2) is 0 Å². The molecule has 0 bridgehead atoms. The maximum atomic E-state index is 6.40. The Bertz CT molecular complexity index is 777. The predicted molar refractivity (Wildman–Crippen MR) is 107 cm³/mol. The summed E-state index contributed by atoms with van der Waals surface area (Å²) in [4.78, 5) is 0.